The Morgan fingerprint density at radius 1 is 0.423 bits per heavy atom. The van der Waals surface area contributed by atoms with Crippen molar-refractivity contribution < 1.29 is 0 Å². The zero-order chi connectivity index (χ0) is 34.5. The number of para-hydroxylation sites is 4. The van der Waals surface area contributed by atoms with Crippen molar-refractivity contribution in [1.29, 1.82) is 0 Å². The lowest BCUT2D eigenvalue weighted by atomic mass is 9.78. The summed E-state index contributed by atoms with van der Waals surface area (Å²) in [5.74, 6) is 0.172. The molecule has 2 heterocycles. The van der Waals surface area contributed by atoms with Crippen LogP contribution < -0.4 is 0 Å². The van der Waals surface area contributed by atoms with Gasteiger partial charge in [0.25, 0.3) is 0 Å². The van der Waals surface area contributed by atoms with Gasteiger partial charge in [-0.2, -0.15) is 0 Å². The van der Waals surface area contributed by atoms with Crippen molar-refractivity contribution in [1.82, 2.24) is 9.13 Å². The van der Waals surface area contributed by atoms with Crippen molar-refractivity contribution in [2.45, 2.75) is 25.7 Å². The number of rotatable bonds is 4. The predicted molar refractivity (Wildman–Crippen MR) is 216 cm³/mol. The summed E-state index contributed by atoms with van der Waals surface area (Å²) in [6.45, 7) is 4.51. The zero-order valence-corrected chi connectivity index (χ0v) is 29.2. The molecule has 0 radical (unpaired) electrons. The lowest BCUT2D eigenvalue weighted by molar-refractivity contribution is 0.924. The molecule has 0 amide bonds. The third-order valence-electron chi connectivity index (χ3n) is 11.6. The molecule has 0 N–H and O–H groups in total. The van der Waals surface area contributed by atoms with Crippen LogP contribution in [0, 0.1) is 0 Å². The Morgan fingerprint density at radius 3 is 1.25 bits per heavy atom. The van der Waals surface area contributed by atoms with E-state index in [0.29, 0.717) is 0 Å². The molecule has 2 nitrogen and oxygen atoms in total. The molecule has 2 atom stereocenters. The van der Waals surface area contributed by atoms with Gasteiger partial charge in [-0.05, 0) is 89.2 Å². The van der Waals surface area contributed by atoms with E-state index in [9.17, 15) is 0 Å². The maximum Gasteiger partial charge on any atom is 0.0585 e. The number of allylic oxidation sites excluding steroid dienone is 6. The Labute approximate surface area is 303 Å². The van der Waals surface area contributed by atoms with Crippen LogP contribution in [0.15, 0.2) is 192 Å². The fraction of sp³-hybridized carbons (Fsp3) is 0.0800. The molecule has 0 fully saturated rings. The quantitative estimate of drug-likeness (QED) is 0.177. The smallest absolute Gasteiger partial charge is 0.0585 e. The molecular formula is C50H36N2. The van der Waals surface area contributed by atoms with Gasteiger partial charge < -0.3 is 9.13 Å². The van der Waals surface area contributed by atoms with Gasteiger partial charge in [-0.15, -0.1) is 0 Å². The van der Waals surface area contributed by atoms with Crippen LogP contribution in [0.25, 0.3) is 55.7 Å². The molecule has 0 bridgehead atoms. The average molecular weight is 665 g/mol. The van der Waals surface area contributed by atoms with Gasteiger partial charge in [-0.3, -0.25) is 0 Å². The molecule has 0 saturated carbocycles. The van der Waals surface area contributed by atoms with E-state index in [2.05, 4.69) is 193 Å². The van der Waals surface area contributed by atoms with Crippen LogP contribution >= 0.6 is 0 Å². The van der Waals surface area contributed by atoms with E-state index >= 15 is 0 Å². The number of nitrogens with zero attached hydrogens (tertiary/aromatic N) is 2. The molecule has 11 rings (SSSR count). The minimum absolute atomic E-state index is 0.0860. The van der Waals surface area contributed by atoms with Crippen LogP contribution in [0.5, 0.6) is 0 Å². The Hall–Kier alpha value is -6.38. The summed E-state index contributed by atoms with van der Waals surface area (Å²) in [5, 5.41) is 2.64. The second-order valence-corrected chi connectivity index (χ2v) is 14.6. The summed E-state index contributed by atoms with van der Waals surface area (Å²) < 4.78 is 5.00. The highest BCUT2D eigenvalue weighted by Crippen LogP contribution is 2.61. The molecule has 3 aliphatic rings. The third kappa shape index (κ3) is 3.95. The van der Waals surface area contributed by atoms with Gasteiger partial charge >= 0.3 is 0 Å². The first-order valence-electron chi connectivity index (χ1n) is 18.4. The van der Waals surface area contributed by atoms with E-state index in [4.69, 9.17) is 0 Å². The highest BCUT2D eigenvalue weighted by atomic mass is 15.0. The normalized spacial score (nSPS) is 16.8. The third-order valence-corrected chi connectivity index (χ3v) is 11.6. The van der Waals surface area contributed by atoms with Gasteiger partial charge in [0, 0.05) is 45.1 Å². The van der Waals surface area contributed by atoms with Crippen LogP contribution in [0.2, 0.25) is 0 Å². The van der Waals surface area contributed by atoms with Gasteiger partial charge in [0.05, 0.1) is 22.4 Å². The molecule has 0 saturated heterocycles. The maximum absolute atomic E-state index is 2.52. The molecular weight excluding hydrogens is 629 g/mol. The first-order valence-corrected chi connectivity index (χ1v) is 18.4. The monoisotopic (exact) mass is 664 g/mol. The number of aromatic nitrogens is 2. The van der Waals surface area contributed by atoms with E-state index in [1.165, 1.54) is 100 Å². The highest BCUT2D eigenvalue weighted by Gasteiger charge is 2.44. The van der Waals surface area contributed by atoms with Crippen LogP contribution in [-0.4, -0.2) is 9.13 Å². The molecule has 2 unspecified atom stereocenters. The topological polar surface area (TPSA) is 9.86 Å². The Bertz CT molecular complexity index is 2660. The SMILES string of the molecule is CC(C)=C1C=C(C2c3ccccc3-c3c2c2ccccc2n3-c2ccccc2)C(C2c3ccccc3-c3c2c2ccccc2n3-c2ccccc2)=C1. The zero-order valence-electron chi connectivity index (χ0n) is 29.2. The van der Waals surface area contributed by atoms with Crippen LogP contribution in [0.4, 0.5) is 0 Å². The number of fused-ring (bicyclic) bond motifs is 10. The molecule has 246 valence electrons. The Morgan fingerprint density at radius 2 is 0.808 bits per heavy atom. The van der Waals surface area contributed by atoms with Crippen molar-refractivity contribution in [3.05, 3.63) is 214 Å². The summed E-state index contributed by atoms with van der Waals surface area (Å²) in [4.78, 5) is 0. The second-order valence-electron chi connectivity index (χ2n) is 14.6. The maximum atomic E-state index is 2.52. The van der Waals surface area contributed by atoms with Gasteiger partial charge in [-0.1, -0.05) is 139 Å². The van der Waals surface area contributed by atoms with Crippen molar-refractivity contribution in [3.8, 4) is 33.9 Å². The Kier molecular flexibility index (Phi) is 6.24. The van der Waals surface area contributed by atoms with Gasteiger partial charge in [0.2, 0.25) is 0 Å². The molecule has 0 aliphatic heterocycles. The van der Waals surface area contributed by atoms with Crippen molar-refractivity contribution in [3.63, 3.8) is 0 Å². The average Bonchev–Trinajstić information content (AvgIpc) is 3.99. The predicted octanol–water partition coefficient (Wildman–Crippen LogP) is 12.7. The van der Waals surface area contributed by atoms with E-state index in [0.717, 1.165) is 0 Å². The standard InChI is InChI=1S/C50H36N2/c1-31(2)32-29-41(45-35-21-9-11-23-37(35)49-47(45)39-25-13-15-27-43(39)51(49)33-17-5-3-6-18-33)42(30-32)46-36-22-10-12-24-38(36)50-48(46)40-26-14-16-28-44(40)52(50)34-19-7-4-8-20-34/h3-30,45-46H,1-2H3. The number of hydrogen-bond acceptors (Lipinski definition) is 0. The number of hydrogen-bond donors (Lipinski definition) is 0. The van der Waals surface area contributed by atoms with E-state index in [1.807, 2.05) is 0 Å². The minimum atomic E-state index is 0.0860. The van der Waals surface area contributed by atoms with Gasteiger partial charge in [0.1, 0.15) is 0 Å². The summed E-state index contributed by atoms with van der Waals surface area (Å²) in [5.41, 5.74) is 21.2. The first kappa shape index (κ1) is 29.4. The summed E-state index contributed by atoms with van der Waals surface area (Å²) in [6, 6.07) is 58.1. The first-order chi connectivity index (χ1) is 25.7. The highest BCUT2D eigenvalue weighted by molar-refractivity contribution is 6.02. The lowest BCUT2D eigenvalue weighted by Gasteiger charge is -2.24. The van der Waals surface area contributed by atoms with Crippen LogP contribution in [-0.2, 0) is 0 Å². The van der Waals surface area contributed by atoms with Crippen molar-refractivity contribution >= 4 is 21.8 Å². The molecule has 2 heteroatoms. The molecule has 6 aromatic carbocycles. The number of benzene rings is 6. The lowest BCUT2D eigenvalue weighted by Crippen LogP contribution is -2.09. The minimum Gasteiger partial charge on any atom is -0.309 e. The van der Waals surface area contributed by atoms with Crippen LogP contribution in [0.3, 0.4) is 0 Å². The molecule has 2 aromatic heterocycles. The van der Waals surface area contributed by atoms with Gasteiger partial charge in [-0.25, -0.2) is 0 Å². The summed E-state index contributed by atoms with van der Waals surface area (Å²) in [7, 11) is 0. The van der Waals surface area contributed by atoms with Crippen molar-refractivity contribution in [2.24, 2.45) is 0 Å². The fourth-order valence-electron chi connectivity index (χ4n) is 9.55. The molecule has 52 heavy (non-hydrogen) atoms. The molecule has 0 spiro atoms. The summed E-state index contributed by atoms with van der Waals surface area (Å²) >= 11 is 0. The van der Waals surface area contributed by atoms with Crippen molar-refractivity contribution in [2.75, 3.05) is 0 Å². The van der Waals surface area contributed by atoms with E-state index < -0.39 is 0 Å². The molecule has 3 aliphatic carbocycles. The van der Waals surface area contributed by atoms with E-state index in [1.54, 1.807) is 0 Å². The van der Waals surface area contributed by atoms with Crippen LogP contribution in [0.1, 0.15) is 47.9 Å². The summed E-state index contributed by atoms with van der Waals surface area (Å²) in [6.07, 6.45) is 5.04. The second kappa shape index (κ2) is 11.1. The largest absolute Gasteiger partial charge is 0.309 e. The fourth-order valence-corrected chi connectivity index (χ4v) is 9.55. The Balaban J connectivity index is 1.21. The molecule has 8 aromatic rings. The van der Waals surface area contributed by atoms with Gasteiger partial charge in [0.15, 0.2) is 0 Å². The van der Waals surface area contributed by atoms with E-state index in [-0.39, 0.29) is 11.8 Å².